The van der Waals surface area contributed by atoms with Crippen LogP contribution < -0.4 is 0 Å². The Balaban J connectivity index is 3.62. The molecule has 0 aliphatic heterocycles. The van der Waals surface area contributed by atoms with Gasteiger partial charge in [-0.2, -0.15) is 0 Å². The molecule has 4 nitrogen and oxygen atoms in total. The van der Waals surface area contributed by atoms with Crippen molar-refractivity contribution in [3.05, 3.63) is 11.6 Å². The van der Waals surface area contributed by atoms with Gasteiger partial charge in [0.15, 0.2) is 0 Å². The summed E-state index contributed by atoms with van der Waals surface area (Å²) in [6.45, 7) is 9.24. The van der Waals surface area contributed by atoms with Crippen LogP contribution in [0.5, 0.6) is 0 Å². The average Bonchev–Trinajstić information content (AvgIpc) is 2.53. The second-order valence-corrected chi connectivity index (χ2v) is 7.55. The molecule has 4 heteroatoms. The van der Waals surface area contributed by atoms with Gasteiger partial charge in [-0.1, -0.05) is 58.1 Å². The molecule has 0 fully saturated rings. The van der Waals surface area contributed by atoms with Crippen molar-refractivity contribution in [2.24, 2.45) is 11.8 Å². The number of allylic oxidation sites excluding steroid dienone is 1. The van der Waals surface area contributed by atoms with Crippen molar-refractivity contribution in [1.82, 2.24) is 0 Å². The molecular weight excluding hydrogens is 304 g/mol. The first-order valence-corrected chi connectivity index (χ1v) is 9.57. The van der Waals surface area contributed by atoms with Crippen LogP contribution in [0.1, 0.15) is 72.6 Å². The van der Waals surface area contributed by atoms with Crippen molar-refractivity contribution in [3.63, 3.8) is 0 Å². The van der Waals surface area contributed by atoms with E-state index in [-0.39, 0.29) is 6.61 Å². The van der Waals surface area contributed by atoms with Crippen LogP contribution in [0.25, 0.3) is 0 Å². The highest BCUT2D eigenvalue weighted by Gasteiger charge is 2.14. The monoisotopic (exact) mass is 344 g/mol. The molecular formula is C20H40O4. The van der Waals surface area contributed by atoms with Crippen LogP contribution in [-0.4, -0.2) is 47.3 Å². The van der Waals surface area contributed by atoms with E-state index in [1.807, 2.05) is 0 Å². The van der Waals surface area contributed by atoms with Crippen LogP contribution in [0, 0.1) is 11.8 Å². The minimum Gasteiger partial charge on any atom is -0.394 e. The normalized spacial score (nSPS) is 16.4. The molecule has 0 aliphatic carbocycles. The summed E-state index contributed by atoms with van der Waals surface area (Å²) in [6, 6.07) is 0. The Morgan fingerprint density at radius 1 is 1.00 bits per heavy atom. The standard InChI is InChI=1S/C20H40O4/c1-16(2)8-5-9-17(3)10-6-11-18(4)12-7-13-24-15-20(23)19(22)14-21/h12,16-17,19-23H,5-11,13-15H2,1-4H3/b18-12+. The fourth-order valence-electron chi connectivity index (χ4n) is 2.68. The number of hydrogen-bond donors (Lipinski definition) is 3. The molecule has 0 heterocycles. The number of aliphatic hydroxyl groups is 3. The summed E-state index contributed by atoms with van der Waals surface area (Å²) in [6.07, 6.45) is 8.59. The first kappa shape index (κ1) is 23.6. The van der Waals surface area contributed by atoms with E-state index >= 15 is 0 Å². The summed E-state index contributed by atoms with van der Waals surface area (Å²) in [5.74, 6) is 1.64. The smallest absolute Gasteiger partial charge is 0.105 e. The van der Waals surface area contributed by atoms with Gasteiger partial charge < -0.3 is 20.1 Å². The molecule has 144 valence electrons. The fraction of sp³-hybridized carbons (Fsp3) is 0.900. The van der Waals surface area contributed by atoms with Crippen LogP contribution in [0.3, 0.4) is 0 Å². The lowest BCUT2D eigenvalue weighted by atomic mass is 9.94. The number of ether oxygens (including phenoxy) is 1. The topological polar surface area (TPSA) is 69.9 Å². The van der Waals surface area contributed by atoms with Gasteiger partial charge in [0.1, 0.15) is 12.2 Å². The minimum atomic E-state index is -1.12. The lowest BCUT2D eigenvalue weighted by Gasteiger charge is -2.15. The summed E-state index contributed by atoms with van der Waals surface area (Å²) in [5, 5.41) is 27.3. The zero-order chi connectivity index (χ0) is 18.4. The molecule has 3 unspecified atom stereocenters. The average molecular weight is 345 g/mol. The molecule has 3 N–H and O–H groups in total. The van der Waals surface area contributed by atoms with Crippen molar-refractivity contribution < 1.29 is 20.1 Å². The number of rotatable bonds is 15. The van der Waals surface area contributed by atoms with E-state index in [9.17, 15) is 10.2 Å². The molecule has 0 radical (unpaired) electrons. The highest BCUT2D eigenvalue weighted by molar-refractivity contribution is 4.97. The first-order chi connectivity index (χ1) is 11.4. The van der Waals surface area contributed by atoms with Crippen LogP contribution in [0.15, 0.2) is 11.6 Å². The highest BCUT2D eigenvalue weighted by atomic mass is 16.5. The summed E-state index contributed by atoms with van der Waals surface area (Å²) in [7, 11) is 0. The van der Waals surface area contributed by atoms with Crippen molar-refractivity contribution >= 4 is 0 Å². The van der Waals surface area contributed by atoms with E-state index in [1.54, 1.807) is 0 Å². The zero-order valence-electron chi connectivity index (χ0n) is 16.2. The molecule has 0 saturated carbocycles. The van der Waals surface area contributed by atoms with Crippen molar-refractivity contribution in [3.8, 4) is 0 Å². The molecule has 3 atom stereocenters. The number of aliphatic hydroxyl groups excluding tert-OH is 3. The molecule has 0 bridgehead atoms. The third-order valence-electron chi connectivity index (χ3n) is 4.42. The molecule has 0 rings (SSSR count). The Morgan fingerprint density at radius 3 is 2.29 bits per heavy atom. The minimum absolute atomic E-state index is 0.0580. The van der Waals surface area contributed by atoms with Gasteiger partial charge in [-0.05, 0) is 38.0 Å². The summed E-state index contributed by atoms with van der Waals surface area (Å²) in [5.41, 5.74) is 1.39. The number of hydrogen-bond acceptors (Lipinski definition) is 4. The lowest BCUT2D eigenvalue weighted by Crippen LogP contribution is -2.33. The molecule has 0 aromatic carbocycles. The Labute approximate surface area is 148 Å². The molecule has 0 spiro atoms. The molecule has 24 heavy (non-hydrogen) atoms. The van der Waals surface area contributed by atoms with E-state index in [4.69, 9.17) is 9.84 Å². The molecule has 0 amide bonds. The molecule has 0 saturated heterocycles. The van der Waals surface area contributed by atoms with Crippen LogP contribution in [0.2, 0.25) is 0 Å². The predicted molar refractivity (Wildman–Crippen MR) is 100.0 cm³/mol. The predicted octanol–water partition coefficient (Wildman–Crippen LogP) is 3.69. The van der Waals surface area contributed by atoms with Gasteiger partial charge in [0.05, 0.1) is 19.8 Å². The van der Waals surface area contributed by atoms with E-state index in [1.165, 1.54) is 37.7 Å². The molecule has 0 aromatic rings. The van der Waals surface area contributed by atoms with Gasteiger partial charge in [0.25, 0.3) is 0 Å². The van der Waals surface area contributed by atoms with E-state index in [0.29, 0.717) is 6.61 Å². The summed E-state index contributed by atoms with van der Waals surface area (Å²) in [4.78, 5) is 0. The largest absolute Gasteiger partial charge is 0.394 e. The third kappa shape index (κ3) is 14.0. The zero-order valence-corrected chi connectivity index (χ0v) is 16.2. The summed E-state index contributed by atoms with van der Waals surface area (Å²) >= 11 is 0. The van der Waals surface area contributed by atoms with E-state index in [0.717, 1.165) is 24.7 Å². The van der Waals surface area contributed by atoms with Crippen LogP contribution in [-0.2, 0) is 4.74 Å². The SMILES string of the molecule is C/C(=C\CCOCC(O)C(O)CO)CCCC(C)CCCC(C)C. The van der Waals surface area contributed by atoms with Crippen molar-refractivity contribution in [1.29, 1.82) is 0 Å². The second kappa shape index (κ2) is 14.9. The highest BCUT2D eigenvalue weighted by Crippen LogP contribution is 2.19. The van der Waals surface area contributed by atoms with Gasteiger partial charge >= 0.3 is 0 Å². The first-order valence-electron chi connectivity index (χ1n) is 9.57. The summed E-state index contributed by atoms with van der Waals surface area (Å²) < 4.78 is 5.31. The van der Waals surface area contributed by atoms with Crippen molar-refractivity contribution in [2.75, 3.05) is 19.8 Å². The van der Waals surface area contributed by atoms with E-state index < -0.39 is 18.8 Å². The van der Waals surface area contributed by atoms with Gasteiger partial charge in [-0.3, -0.25) is 0 Å². The van der Waals surface area contributed by atoms with Gasteiger partial charge in [0.2, 0.25) is 0 Å². The Morgan fingerprint density at radius 2 is 1.67 bits per heavy atom. The van der Waals surface area contributed by atoms with E-state index in [2.05, 4.69) is 33.8 Å². The second-order valence-electron chi connectivity index (χ2n) is 7.55. The van der Waals surface area contributed by atoms with Crippen LogP contribution >= 0.6 is 0 Å². The maximum Gasteiger partial charge on any atom is 0.105 e. The van der Waals surface area contributed by atoms with Crippen molar-refractivity contribution in [2.45, 2.75) is 84.8 Å². The maximum absolute atomic E-state index is 9.44. The van der Waals surface area contributed by atoms with Gasteiger partial charge in [0, 0.05) is 0 Å². The van der Waals surface area contributed by atoms with Crippen LogP contribution in [0.4, 0.5) is 0 Å². The van der Waals surface area contributed by atoms with Gasteiger partial charge in [-0.15, -0.1) is 0 Å². The van der Waals surface area contributed by atoms with Gasteiger partial charge in [-0.25, -0.2) is 0 Å². The Kier molecular flexibility index (Phi) is 14.6. The third-order valence-corrected chi connectivity index (χ3v) is 4.42. The Hall–Kier alpha value is -0.420. The quantitative estimate of drug-likeness (QED) is 0.313. The Bertz CT molecular complexity index is 315. The maximum atomic E-state index is 9.44. The fourth-order valence-corrected chi connectivity index (χ4v) is 2.68. The molecule has 0 aromatic heterocycles. The lowest BCUT2D eigenvalue weighted by molar-refractivity contribution is -0.0560. The molecule has 0 aliphatic rings.